The van der Waals surface area contributed by atoms with Gasteiger partial charge < -0.3 is 0 Å². The van der Waals surface area contributed by atoms with E-state index in [1.807, 2.05) is 0 Å². The summed E-state index contributed by atoms with van der Waals surface area (Å²) in [5, 5.41) is 4.33. The number of benzene rings is 1. The Kier molecular flexibility index (Phi) is 4.92. The molecule has 3 rings (SSSR count). The molecule has 9 heteroatoms. The molecular formula is C17H17N5O3S. The number of nitrogens with zero attached hydrogens (tertiary/aromatic N) is 4. The topological polar surface area (TPSA) is 107 Å². The average Bonchev–Trinajstić information content (AvgIpc) is 3.02. The van der Waals surface area contributed by atoms with E-state index in [4.69, 9.17) is 0 Å². The lowest BCUT2D eigenvalue weighted by atomic mass is 10.2. The van der Waals surface area contributed by atoms with Gasteiger partial charge in [0.15, 0.2) is 5.78 Å². The second-order valence-electron chi connectivity index (χ2n) is 5.64. The van der Waals surface area contributed by atoms with Crippen LogP contribution in [0, 0.1) is 0 Å². The summed E-state index contributed by atoms with van der Waals surface area (Å²) in [6.45, 7) is 1.50. The molecule has 0 spiro atoms. The third kappa shape index (κ3) is 3.84. The van der Waals surface area contributed by atoms with Gasteiger partial charge in [-0.3, -0.25) is 19.4 Å². The molecule has 0 atom stereocenters. The second-order valence-corrected chi connectivity index (χ2v) is 7.41. The fourth-order valence-corrected chi connectivity index (χ4v) is 3.35. The zero-order valence-corrected chi connectivity index (χ0v) is 15.1. The fraction of sp³-hybridized carbons (Fsp3) is 0.176. The first-order valence-corrected chi connectivity index (χ1v) is 9.25. The van der Waals surface area contributed by atoms with Crippen LogP contribution in [0.1, 0.15) is 23.0 Å². The van der Waals surface area contributed by atoms with Gasteiger partial charge in [-0.15, -0.1) is 0 Å². The Bertz CT molecular complexity index is 1030. The normalized spacial score (nSPS) is 11.5. The Balaban J connectivity index is 1.76. The molecule has 0 aliphatic carbocycles. The second kappa shape index (κ2) is 7.14. The van der Waals surface area contributed by atoms with Crippen molar-refractivity contribution in [1.82, 2.24) is 24.5 Å². The van der Waals surface area contributed by atoms with Crippen molar-refractivity contribution >= 4 is 15.8 Å². The van der Waals surface area contributed by atoms with Gasteiger partial charge in [0.05, 0.1) is 23.3 Å². The van der Waals surface area contributed by atoms with Gasteiger partial charge in [-0.05, 0) is 25.1 Å². The summed E-state index contributed by atoms with van der Waals surface area (Å²) in [6.07, 6.45) is 4.73. The molecule has 0 fully saturated rings. The molecule has 26 heavy (non-hydrogen) atoms. The number of hydrogen-bond acceptors (Lipinski definition) is 6. The first-order chi connectivity index (χ1) is 12.4. The lowest BCUT2D eigenvalue weighted by Crippen LogP contribution is -2.24. The van der Waals surface area contributed by atoms with Crippen molar-refractivity contribution in [3.8, 4) is 11.4 Å². The van der Waals surface area contributed by atoms with Crippen LogP contribution in [-0.2, 0) is 23.6 Å². The van der Waals surface area contributed by atoms with Crippen molar-refractivity contribution in [3.63, 3.8) is 0 Å². The lowest BCUT2D eigenvalue weighted by Gasteiger charge is -2.07. The summed E-state index contributed by atoms with van der Waals surface area (Å²) in [4.78, 5) is 19.6. The van der Waals surface area contributed by atoms with Gasteiger partial charge in [0, 0.05) is 25.0 Å². The monoisotopic (exact) mass is 371 g/mol. The standard InChI is InChI=1S/C17H17N5O3S/c1-12(23)13-3-5-15(6-4-13)26(24,25)20-10-14-9-16(21-22(14)2)17-11-18-7-8-19-17/h3-9,11,20H,10H2,1-2H3. The number of rotatable bonds is 6. The minimum absolute atomic E-state index is 0.0700. The van der Waals surface area contributed by atoms with Crippen LogP contribution >= 0.6 is 0 Å². The zero-order chi connectivity index (χ0) is 18.7. The number of ketones is 1. The van der Waals surface area contributed by atoms with Crippen molar-refractivity contribution in [2.75, 3.05) is 0 Å². The van der Waals surface area contributed by atoms with E-state index in [1.165, 1.54) is 31.2 Å². The predicted molar refractivity (Wildman–Crippen MR) is 94.7 cm³/mol. The van der Waals surface area contributed by atoms with Crippen molar-refractivity contribution < 1.29 is 13.2 Å². The van der Waals surface area contributed by atoms with Gasteiger partial charge in [0.2, 0.25) is 10.0 Å². The van der Waals surface area contributed by atoms with E-state index in [0.717, 1.165) is 0 Å². The van der Waals surface area contributed by atoms with Gasteiger partial charge in [0.1, 0.15) is 11.4 Å². The van der Waals surface area contributed by atoms with E-state index in [9.17, 15) is 13.2 Å². The summed E-state index contributed by atoms with van der Waals surface area (Å²) in [6, 6.07) is 7.56. The highest BCUT2D eigenvalue weighted by Gasteiger charge is 2.16. The summed E-state index contributed by atoms with van der Waals surface area (Å²) in [5.74, 6) is -0.117. The predicted octanol–water partition coefficient (Wildman–Crippen LogP) is 1.56. The molecule has 134 valence electrons. The smallest absolute Gasteiger partial charge is 0.240 e. The third-order valence-electron chi connectivity index (χ3n) is 3.82. The van der Waals surface area contributed by atoms with Gasteiger partial charge in [-0.1, -0.05) is 12.1 Å². The molecule has 1 aromatic carbocycles. The van der Waals surface area contributed by atoms with Crippen molar-refractivity contribution in [2.24, 2.45) is 7.05 Å². The molecule has 0 aliphatic rings. The summed E-state index contributed by atoms with van der Waals surface area (Å²) in [5.41, 5.74) is 2.36. The van der Waals surface area contributed by atoms with E-state index in [0.29, 0.717) is 22.6 Å². The van der Waals surface area contributed by atoms with E-state index in [2.05, 4.69) is 19.8 Å². The molecular weight excluding hydrogens is 354 g/mol. The van der Waals surface area contributed by atoms with Crippen LogP contribution in [0.25, 0.3) is 11.4 Å². The molecule has 0 saturated carbocycles. The van der Waals surface area contributed by atoms with Gasteiger partial charge in [0.25, 0.3) is 0 Å². The Morgan fingerprint density at radius 1 is 1.15 bits per heavy atom. The van der Waals surface area contributed by atoms with E-state index in [-0.39, 0.29) is 17.2 Å². The number of carbonyl (C=O) groups is 1. The van der Waals surface area contributed by atoms with Crippen LogP contribution in [0.3, 0.4) is 0 Å². The zero-order valence-electron chi connectivity index (χ0n) is 14.2. The SMILES string of the molecule is CC(=O)c1ccc(S(=O)(=O)NCc2cc(-c3cnccn3)nn2C)cc1. The fourth-order valence-electron chi connectivity index (χ4n) is 2.35. The Hall–Kier alpha value is -2.91. The summed E-state index contributed by atoms with van der Waals surface area (Å²) >= 11 is 0. The molecule has 0 saturated heterocycles. The molecule has 0 unspecified atom stereocenters. The third-order valence-corrected chi connectivity index (χ3v) is 5.23. The number of hydrogen-bond donors (Lipinski definition) is 1. The maximum absolute atomic E-state index is 12.4. The molecule has 1 N–H and O–H groups in total. The first-order valence-electron chi connectivity index (χ1n) is 7.77. The van der Waals surface area contributed by atoms with Crippen LogP contribution in [0.15, 0.2) is 53.8 Å². The Morgan fingerprint density at radius 2 is 1.88 bits per heavy atom. The van der Waals surface area contributed by atoms with Gasteiger partial charge in [-0.25, -0.2) is 13.1 Å². The number of aryl methyl sites for hydroxylation is 1. The summed E-state index contributed by atoms with van der Waals surface area (Å²) < 4.78 is 29.0. The molecule has 3 aromatic rings. The number of carbonyl (C=O) groups excluding carboxylic acids is 1. The van der Waals surface area contributed by atoms with Crippen molar-refractivity contribution in [2.45, 2.75) is 18.4 Å². The van der Waals surface area contributed by atoms with E-state index in [1.54, 1.807) is 36.4 Å². The van der Waals surface area contributed by atoms with E-state index < -0.39 is 10.0 Å². The maximum atomic E-state index is 12.4. The highest BCUT2D eigenvalue weighted by atomic mass is 32.2. The van der Waals surface area contributed by atoms with Gasteiger partial charge in [-0.2, -0.15) is 5.10 Å². The molecule has 2 aromatic heterocycles. The highest BCUT2D eigenvalue weighted by molar-refractivity contribution is 7.89. The molecule has 0 amide bonds. The average molecular weight is 371 g/mol. The Morgan fingerprint density at radius 3 is 2.50 bits per heavy atom. The minimum Gasteiger partial charge on any atom is -0.295 e. The van der Waals surface area contributed by atoms with Crippen molar-refractivity contribution in [3.05, 3.63) is 60.2 Å². The van der Waals surface area contributed by atoms with Crippen molar-refractivity contribution in [1.29, 1.82) is 0 Å². The lowest BCUT2D eigenvalue weighted by molar-refractivity contribution is 0.101. The van der Waals surface area contributed by atoms with Gasteiger partial charge >= 0.3 is 0 Å². The van der Waals surface area contributed by atoms with Crippen LogP contribution in [0.5, 0.6) is 0 Å². The van der Waals surface area contributed by atoms with Crippen LogP contribution in [0.2, 0.25) is 0 Å². The number of Topliss-reactive ketones (excluding diaryl/α,β-unsaturated/α-hetero) is 1. The summed E-state index contributed by atoms with van der Waals surface area (Å²) in [7, 11) is -1.98. The molecule has 0 radical (unpaired) electrons. The molecule has 0 bridgehead atoms. The maximum Gasteiger partial charge on any atom is 0.240 e. The first kappa shape index (κ1) is 17.9. The number of nitrogens with one attached hydrogen (secondary N) is 1. The van der Waals surface area contributed by atoms with E-state index >= 15 is 0 Å². The van der Waals surface area contributed by atoms with Crippen LogP contribution in [0.4, 0.5) is 0 Å². The van der Waals surface area contributed by atoms with Crippen LogP contribution in [-0.4, -0.2) is 33.9 Å². The quantitative estimate of drug-likeness (QED) is 0.659. The minimum atomic E-state index is -3.70. The largest absolute Gasteiger partial charge is 0.295 e. The molecule has 2 heterocycles. The van der Waals surface area contributed by atoms with Crippen LogP contribution < -0.4 is 4.72 Å². The number of aromatic nitrogens is 4. The molecule has 0 aliphatic heterocycles. The Labute approximate surface area is 151 Å². The highest BCUT2D eigenvalue weighted by Crippen LogP contribution is 2.16. The molecule has 8 nitrogen and oxygen atoms in total. The number of sulfonamides is 1.